The molecule has 4 aromatic rings. The van der Waals surface area contributed by atoms with E-state index in [1.165, 1.54) is 22.6 Å². The van der Waals surface area contributed by atoms with E-state index in [2.05, 4.69) is 20.6 Å². The number of nitrogens with one attached hydrogen (secondary N) is 1. The van der Waals surface area contributed by atoms with Gasteiger partial charge in [0, 0.05) is 17.6 Å². The van der Waals surface area contributed by atoms with Gasteiger partial charge in [-0.05, 0) is 29.8 Å². The van der Waals surface area contributed by atoms with Crippen molar-refractivity contribution >= 4 is 55.2 Å². The summed E-state index contributed by atoms with van der Waals surface area (Å²) in [4.78, 5) is 28.2. The number of thioether (sulfide) groups is 1. The number of ether oxygens (including phenoxy) is 2. The number of primary sulfonamides is 1. The Hall–Kier alpha value is -3.80. The molecule has 2 heterocycles. The first-order chi connectivity index (χ1) is 19.6. The molecular formula is C24H25FN6O7S3. The number of carboxylic acids is 1. The fraction of sp³-hybridized carbons (Fsp3) is 0.292. The summed E-state index contributed by atoms with van der Waals surface area (Å²) in [5.74, 6) is -0.197. The van der Waals surface area contributed by atoms with Gasteiger partial charge in [-0.3, -0.25) is 4.79 Å². The van der Waals surface area contributed by atoms with Crippen LogP contribution >= 0.6 is 23.1 Å². The van der Waals surface area contributed by atoms with Crippen LogP contribution in [0.2, 0.25) is 0 Å². The van der Waals surface area contributed by atoms with E-state index in [-0.39, 0.29) is 29.9 Å². The molecular weight excluding hydrogens is 599 g/mol. The van der Waals surface area contributed by atoms with E-state index in [0.717, 1.165) is 16.9 Å². The monoisotopic (exact) mass is 624 g/mol. The fourth-order valence-electron chi connectivity index (χ4n) is 3.47. The van der Waals surface area contributed by atoms with Crippen molar-refractivity contribution in [2.75, 3.05) is 19.0 Å². The molecule has 0 saturated carbocycles. The number of fused-ring (bicyclic) bond motifs is 1. The van der Waals surface area contributed by atoms with E-state index in [0.29, 0.717) is 33.2 Å². The molecule has 0 aliphatic rings. The highest BCUT2D eigenvalue weighted by molar-refractivity contribution is 7.98. The van der Waals surface area contributed by atoms with Gasteiger partial charge in [0.15, 0.2) is 0 Å². The van der Waals surface area contributed by atoms with Gasteiger partial charge in [0.1, 0.15) is 49.7 Å². The number of alkyl halides is 1. The first-order valence-corrected chi connectivity index (χ1v) is 15.5. The predicted molar refractivity (Wildman–Crippen MR) is 149 cm³/mol. The molecule has 17 heteroatoms. The second-order valence-electron chi connectivity index (χ2n) is 8.51. The van der Waals surface area contributed by atoms with E-state index in [1.54, 1.807) is 36.4 Å². The molecule has 13 nitrogen and oxygen atoms in total. The van der Waals surface area contributed by atoms with E-state index in [4.69, 9.17) is 14.6 Å². The number of sulfonamides is 1. The van der Waals surface area contributed by atoms with E-state index in [9.17, 15) is 27.5 Å². The molecule has 0 unspecified atom stereocenters. The topological polar surface area (TPSA) is 189 Å². The Morgan fingerprint density at radius 2 is 2.00 bits per heavy atom. The van der Waals surface area contributed by atoms with Crippen LogP contribution in [0.4, 0.5) is 4.39 Å². The van der Waals surface area contributed by atoms with Gasteiger partial charge in [0.2, 0.25) is 10.2 Å². The van der Waals surface area contributed by atoms with Crippen LogP contribution in [0.25, 0.3) is 10.2 Å². The van der Waals surface area contributed by atoms with Crippen molar-refractivity contribution in [2.24, 2.45) is 5.14 Å². The van der Waals surface area contributed by atoms with Crippen molar-refractivity contribution in [1.29, 1.82) is 0 Å². The number of hydrogen-bond acceptors (Lipinski definition) is 11. The second-order valence-corrected chi connectivity index (χ2v) is 12.3. The molecule has 4 rings (SSSR count). The lowest BCUT2D eigenvalue weighted by molar-refractivity contribution is -0.141. The van der Waals surface area contributed by atoms with Gasteiger partial charge in [-0.15, -0.1) is 16.4 Å². The zero-order valence-corrected chi connectivity index (χ0v) is 23.8. The summed E-state index contributed by atoms with van der Waals surface area (Å²) < 4.78 is 48.0. The molecule has 2 aromatic carbocycles. The van der Waals surface area contributed by atoms with E-state index < -0.39 is 34.6 Å². The van der Waals surface area contributed by atoms with Gasteiger partial charge >= 0.3 is 5.97 Å². The number of carbonyl (C=O) groups excluding carboxylic acids is 1. The molecule has 2 aromatic heterocycles. The molecule has 1 atom stereocenters. The van der Waals surface area contributed by atoms with Crippen LogP contribution in [-0.4, -0.2) is 70.5 Å². The molecule has 0 bridgehead atoms. The lowest BCUT2D eigenvalue weighted by atomic mass is 10.2. The predicted octanol–water partition coefficient (Wildman–Crippen LogP) is 1.97. The maximum atomic E-state index is 12.5. The first kappa shape index (κ1) is 30.2. The third-order valence-electron chi connectivity index (χ3n) is 5.29. The molecule has 0 aliphatic carbocycles. The molecule has 0 radical (unpaired) electrons. The maximum Gasteiger partial charge on any atom is 0.327 e. The van der Waals surface area contributed by atoms with E-state index >= 15 is 0 Å². The normalized spacial score (nSPS) is 12.2. The van der Waals surface area contributed by atoms with Crippen molar-refractivity contribution < 1.29 is 37.0 Å². The average molecular weight is 625 g/mol. The lowest BCUT2D eigenvalue weighted by Gasteiger charge is -2.14. The summed E-state index contributed by atoms with van der Waals surface area (Å²) in [5, 5.41) is 25.0. The number of hydrogen-bond donors (Lipinski definition) is 3. The van der Waals surface area contributed by atoms with Gasteiger partial charge in [-0.2, -0.15) is 11.8 Å². The Morgan fingerprint density at radius 1 is 1.20 bits per heavy atom. The third-order valence-corrected chi connectivity index (χ3v) is 8.75. The molecule has 0 aliphatic heterocycles. The summed E-state index contributed by atoms with van der Waals surface area (Å²) >= 11 is 2.27. The van der Waals surface area contributed by atoms with Crippen LogP contribution in [0.15, 0.2) is 53.0 Å². The fourth-order valence-corrected chi connectivity index (χ4v) is 6.11. The largest absolute Gasteiger partial charge is 0.491 e. The molecule has 0 saturated heterocycles. The second kappa shape index (κ2) is 13.7. The third kappa shape index (κ3) is 8.84. The lowest BCUT2D eigenvalue weighted by Crippen LogP contribution is -2.44. The standard InChI is InChI=1S/C24H25FN6O7S3/c25-6-7-37-17-3-1-2-15(8-17)13-39-14-20(23(33)34)27-22(32)11-31-10-16(29-30-31)12-38-18-4-5-21-19(9-18)28-24(40-21)41(26,35)36/h1-5,8-10,20H,6-7,11-14H2,(H,27,32)(H,33,34)(H2,26,35,36)/t20-/m1/s1. The number of halogens is 1. The van der Waals surface area contributed by atoms with Gasteiger partial charge in [0.05, 0.1) is 16.4 Å². The zero-order valence-electron chi connectivity index (χ0n) is 21.3. The highest BCUT2D eigenvalue weighted by atomic mass is 32.2. The number of aliphatic carboxylic acids is 1. The number of carboxylic acid groups (broad SMARTS) is 1. The van der Waals surface area contributed by atoms with Crippen molar-refractivity contribution in [3.63, 3.8) is 0 Å². The first-order valence-electron chi connectivity index (χ1n) is 11.9. The van der Waals surface area contributed by atoms with Crippen LogP contribution in [-0.2, 0) is 38.5 Å². The summed E-state index contributed by atoms with van der Waals surface area (Å²) in [6, 6.07) is 10.8. The number of rotatable bonds is 15. The van der Waals surface area contributed by atoms with Gasteiger partial charge in [-0.25, -0.2) is 32.4 Å². The van der Waals surface area contributed by atoms with Crippen molar-refractivity contribution in [3.05, 3.63) is 59.9 Å². The van der Waals surface area contributed by atoms with Crippen LogP contribution < -0.4 is 19.9 Å². The minimum atomic E-state index is -3.91. The molecule has 218 valence electrons. The Kier molecular flexibility index (Phi) is 10.1. The van der Waals surface area contributed by atoms with Crippen molar-refractivity contribution in [3.8, 4) is 11.5 Å². The van der Waals surface area contributed by atoms with E-state index in [1.807, 2.05) is 6.07 Å². The number of nitrogens with two attached hydrogens (primary N) is 1. The summed E-state index contributed by atoms with van der Waals surface area (Å²) in [6.45, 7) is -0.884. The summed E-state index contributed by atoms with van der Waals surface area (Å²) in [5.41, 5.74) is 1.70. The highest BCUT2D eigenvalue weighted by Gasteiger charge is 2.21. The maximum absolute atomic E-state index is 12.5. The minimum Gasteiger partial charge on any atom is -0.491 e. The van der Waals surface area contributed by atoms with Crippen LogP contribution in [0.3, 0.4) is 0 Å². The Balaban J connectivity index is 1.25. The summed E-state index contributed by atoms with van der Waals surface area (Å²) in [6.07, 6.45) is 1.49. The molecule has 4 N–H and O–H groups in total. The highest BCUT2D eigenvalue weighted by Crippen LogP contribution is 2.28. The SMILES string of the molecule is NS(=O)(=O)c1nc2cc(OCc3cn(CC(=O)N[C@H](CSCc4cccc(OCCF)c4)C(=O)O)nn3)ccc2s1. The minimum absolute atomic E-state index is 0.00766. The van der Waals surface area contributed by atoms with Crippen molar-refractivity contribution in [2.45, 2.75) is 29.3 Å². The number of amides is 1. The van der Waals surface area contributed by atoms with Gasteiger partial charge < -0.3 is 19.9 Å². The van der Waals surface area contributed by atoms with Gasteiger partial charge in [0.25, 0.3) is 10.0 Å². The average Bonchev–Trinajstić information content (AvgIpc) is 3.57. The Morgan fingerprint density at radius 3 is 2.76 bits per heavy atom. The number of thiazole rings is 1. The molecule has 1 amide bonds. The number of nitrogens with zero attached hydrogens (tertiary/aromatic N) is 4. The zero-order chi connectivity index (χ0) is 29.4. The van der Waals surface area contributed by atoms with Gasteiger partial charge in [-0.1, -0.05) is 17.3 Å². The van der Waals surface area contributed by atoms with Crippen molar-refractivity contribution in [1.82, 2.24) is 25.3 Å². The number of aromatic nitrogens is 4. The molecule has 0 fully saturated rings. The quantitative estimate of drug-likeness (QED) is 0.175. The Bertz CT molecular complexity index is 1630. The number of carbonyl (C=O) groups is 2. The van der Waals surface area contributed by atoms with Crippen LogP contribution in [0.5, 0.6) is 11.5 Å². The number of benzene rings is 2. The molecule has 0 spiro atoms. The summed E-state index contributed by atoms with van der Waals surface area (Å²) in [7, 11) is -3.91. The Labute approximate surface area is 241 Å². The molecule has 41 heavy (non-hydrogen) atoms. The van der Waals surface area contributed by atoms with Crippen LogP contribution in [0, 0.1) is 0 Å². The smallest absolute Gasteiger partial charge is 0.327 e. The van der Waals surface area contributed by atoms with Crippen LogP contribution in [0.1, 0.15) is 11.3 Å².